The molecule has 0 aromatic carbocycles. The number of nitrogens with zero attached hydrogens (tertiary/aromatic N) is 2. The molecule has 6 heteroatoms. The van der Waals surface area contributed by atoms with Gasteiger partial charge < -0.3 is 10.2 Å². The summed E-state index contributed by atoms with van der Waals surface area (Å²) in [5, 5.41) is 2.73. The molecule has 2 rings (SSSR count). The first-order valence-corrected chi connectivity index (χ1v) is 7.49. The van der Waals surface area contributed by atoms with E-state index in [2.05, 4.69) is 17.2 Å². The van der Waals surface area contributed by atoms with Gasteiger partial charge in [0.15, 0.2) is 0 Å². The van der Waals surface area contributed by atoms with Crippen molar-refractivity contribution in [3.05, 3.63) is 17.7 Å². The summed E-state index contributed by atoms with van der Waals surface area (Å²) in [5.41, 5.74) is -0.643. The normalized spacial score (nSPS) is 20.2. The summed E-state index contributed by atoms with van der Waals surface area (Å²) < 4.78 is 39.1. The average Bonchev–Trinajstić information content (AvgIpc) is 2.70. The van der Waals surface area contributed by atoms with Crippen molar-refractivity contribution in [3.63, 3.8) is 0 Å². The summed E-state index contributed by atoms with van der Waals surface area (Å²) in [6.45, 7) is 2.85. The molecular weight excluding hydrogens is 279 g/mol. The fourth-order valence-electron chi connectivity index (χ4n) is 2.86. The first kappa shape index (κ1) is 15.9. The lowest BCUT2D eigenvalue weighted by Crippen LogP contribution is -2.35. The van der Waals surface area contributed by atoms with Gasteiger partial charge in [-0.25, -0.2) is 4.98 Å². The molecule has 0 radical (unpaired) electrons. The second kappa shape index (κ2) is 6.54. The molecule has 0 spiro atoms. The molecule has 0 saturated carbocycles. The number of alkyl halides is 3. The number of hydrogen-bond donors (Lipinski definition) is 1. The molecule has 21 heavy (non-hydrogen) atoms. The number of pyridine rings is 1. The number of rotatable bonds is 3. The first-order chi connectivity index (χ1) is 9.95. The van der Waals surface area contributed by atoms with Crippen molar-refractivity contribution in [2.24, 2.45) is 0 Å². The summed E-state index contributed by atoms with van der Waals surface area (Å²) in [4.78, 5) is 6.39. The molecule has 0 amide bonds. The van der Waals surface area contributed by atoms with Gasteiger partial charge in [-0.15, -0.1) is 0 Å². The van der Waals surface area contributed by atoms with Crippen LogP contribution in [0.3, 0.4) is 0 Å². The van der Waals surface area contributed by atoms with E-state index in [9.17, 15) is 13.2 Å². The molecule has 1 saturated heterocycles. The van der Waals surface area contributed by atoms with Crippen LogP contribution in [0.15, 0.2) is 12.1 Å². The molecule has 1 aliphatic rings. The quantitative estimate of drug-likeness (QED) is 0.902. The van der Waals surface area contributed by atoms with E-state index in [1.165, 1.54) is 6.07 Å². The predicted molar refractivity (Wildman–Crippen MR) is 78.7 cm³/mol. The highest BCUT2D eigenvalue weighted by atomic mass is 19.4. The molecule has 0 bridgehead atoms. The van der Waals surface area contributed by atoms with Gasteiger partial charge in [0.1, 0.15) is 11.6 Å². The molecule has 2 heterocycles. The van der Waals surface area contributed by atoms with Crippen molar-refractivity contribution in [2.45, 2.75) is 51.2 Å². The molecular formula is C15H22F3N3. The van der Waals surface area contributed by atoms with E-state index in [1.54, 1.807) is 7.05 Å². The highest BCUT2D eigenvalue weighted by Gasteiger charge is 2.33. The van der Waals surface area contributed by atoms with E-state index in [-0.39, 0.29) is 11.9 Å². The van der Waals surface area contributed by atoms with Crippen molar-refractivity contribution in [3.8, 4) is 0 Å². The summed E-state index contributed by atoms with van der Waals surface area (Å²) in [7, 11) is 1.59. The van der Waals surface area contributed by atoms with Gasteiger partial charge in [0.05, 0.1) is 5.56 Å². The van der Waals surface area contributed by atoms with Crippen LogP contribution >= 0.6 is 0 Å². The molecule has 1 aliphatic heterocycles. The molecule has 1 N–H and O–H groups in total. The Kier molecular flexibility index (Phi) is 4.96. The van der Waals surface area contributed by atoms with Gasteiger partial charge in [-0.1, -0.05) is 19.8 Å². The van der Waals surface area contributed by atoms with Gasteiger partial charge in [0.2, 0.25) is 0 Å². The Labute approximate surface area is 123 Å². The van der Waals surface area contributed by atoms with Crippen LogP contribution < -0.4 is 10.2 Å². The third-order valence-corrected chi connectivity index (χ3v) is 4.04. The fraction of sp³-hybridized carbons (Fsp3) is 0.667. The van der Waals surface area contributed by atoms with Crippen LogP contribution in [0.5, 0.6) is 0 Å². The molecule has 1 fully saturated rings. The Morgan fingerprint density at radius 3 is 2.67 bits per heavy atom. The number of hydrogen-bond acceptors (Lipinski definition) is 3. The van der Waals surface area contributed by atoms with E-state index < -0.39 is 11.7 Å². The number of aromatic nitrogens is 1. The third kappa shape index (κ3) is 3.80. The molecule has 1 aromatic rings. The number of halogens is 3. The summed E-state index contributed by atoms with van der Waals surface area (Å²) in [5.74, 6) is 0.696. The standard InChI is InChI=1S/C15H22F3N3/c1-3-12-7-5-4-6-8-21(12)14-10-11(15(16,17)18)9-13(19-2)20-14/h9-10,12H,3-8H2,1-2H3,(H,19,20). The van der Waals surface area contributed by atoms with Crippen molar-refractivity contribution in [1.29, 1.82) is 0 Å². The zero-order chi connectivity index (χ0) is 15.5. The van der Waals surface area contributed by atoms with E-state index in [4.69, 9.17) is 0 Å². The van der Waals surface area contributed by atoms with Crippen LogP contribution in [0, 0.1) is 0 Å². The van der Waals surface area contributed by atoms with Gasteiger partial charge in [-0.05, 0) is 31.4 Å². The van der Waals surface area contributed by atoms with Crippen molar-refractivity contribution in [2.75, 3.05) is 23.8 Å². The van der Waals surface area contributed by atoms with E-state index in [0.717, 1.165) is 44.7 Å². The largest absolute Gasteiger partial charge is 0.416 e. The monoisotopic (exact) mass is 301 g/mol. The minimum atomic E-state index is -4.35. The second-order valence-electron chi connectivity index (χ2n) is 5.45. The Hall–Kier alpha value is -1.46. The lowest BCUT2D eigenvalue weighted by Gasteiger charge is -2.31. The molecule has 118 valence electrons. The predicted octanol–water partition coefficient (Wildman–Crippen LogP) is 4.30. The molecule has 1 atom stereocenters. The van der Waals surface area contributed by atoms with Crippen molar-refractivity contribution >= 4 is 11.6 Å². The number of anilines is 2. The summed E-state index contributed by atoms with van der Waals surface area (Å²) >= 11 is 0. The Morgan fingerprint density at radius 1 is 1.29 bits per heavy atom. The highest BCUT2D eigenvalue weighted by Crippen LogP contribution is 2.34. The van der Waals surface area contributed by atoms with Crippen molar-refractivity contribution in [1.82, 2.24) is 4.98 Å². The SMILES string of the molecule is CCC1CCCCCN1c1cc(C(F)(F)F)cc(NC)n1. The minimum absolute atomic E-state index is 0.263. The zero-order valence-electron chi connectivity index (χ0n) is 12.5. The average molecular weight is 301 g/mol. The summed E-state index contributed by atoms with van der Waals surface area (Å²) in [6.07, 6.45) is 0.855. The van der Waals surface area contributed by atoms with Gasteiger partial charge in [0.25, 0.3) is 0 Å². The maximum atomic E-state index is 13.0. The molecule has 1 unspecified atom stereocenters. The van der Waals surface area contributed by atoms with E-state index in [1.807, 2.05) is 4.90 Å². The maximum Gasteiger partial charge on any atom is 0.416 e. The second-order valence-corrected chi connectivity index (χ2v) is 5.45. The molecule has 0 aliphatic carbocycles. The van der Waals surface area contributed by atoms with E-state index >= 15 is 0 Å². The smallest absolute Gasteiger partial charge is 0.373 e. The van der Waals surface area contributed by atoms with Crippen LogP contribution in [0.2, 0.25) is 0 Å². The minimum Gasteiger partial charge on any atom is -0.373 e. The van der Waals surface area contributed by atoms with Crippen LogP contribution in [0.4, 0.5) is 24.8 Å². The topological polar surface area (TPSA) is 28.2 Å². The van der Waals surface area contributed by atoms with Crippen LogP contribution in [-0.2, 0) is 6.18 Å². The maximum absolute atomic E-state index is 13.0. The van der Waals surface area contributed by atoms with Crippen LogP contribution in [-0.4, -0.2) is 24.6 Å². The Morgan fingerprint density at radius 2 is 2.05 bits per heavy atom. The Bertz CT molecular complexity index is 474. The highest BCUT2D eigenvalue weighted by molar-refractivity contribution is 5.51. The first-order valence-electron chi connectivity index (χ1n) is 7.49. The summed E-state index contributed by atoms with van der Waals surface area (Å²) in [6, 6.07) is 2.50. The lowest BCUT2D eigenvalue weighted by atomic mass is 10.1. The number of nitrogens with one attached hydrogen (secondary N) is 1. The molecule has 3 nitrogen and oxygen atoms in total. The van der Waals surface area contributed by atoms with Crippen LogP contribution in [0.25, 0.3) is 0 Å². The Balaban J connectivity index is 2.40. The van der Waals surface area contributed by atoms with Gasteiger partial charge in [-0.2, -0.15) is 13.2 Å². The van der Waals surface area contributed by atoms with E-state index in [0.29, 0.717) is 5.82 Å². The zero-order valence-corrected chi connectivity index (χ0v) is 12.5. The molecule has 1 aromatic heterocycles. The van der Waals surface area contributed by atoms with Crippen molar-refractivity contribution < 1.29 is 13.2 Å². The van der Waals surface area contributed by atoms with Gasteiger partial charge >= 0.3 is 6.18 Å². The van der Waals surface area contributed by atoms with Crippen LogP contribution in [0.1, 0.15) is 44.6 Å². The van der Waals surface area contributed by atoms with Gasteiger partial charge in [-0.3, -0.25) is 0 Å². The lowest BCUT2D eigenvalue weighted by molar-refractivity contribution is -0.137. The van der Waals surface area contributed by atoms with Gasteiger partial charge in [0, 0.05) is 19.6 Å². The third-order valence-electron chi connectivity index (χ3n) is 4.04. The fourth-order valence-corrected chi connectivity index (χ4v) is 2.86.